The third-order valence-electron chi connectivity index (χ3n) is 4.72. The predicted molar refractivity (Wildman–Crippen MR) is 85.0 cm³/mol. The topological polar surface area (TPSA) is 76.5 Å². The molecule has 0 unspecified atom stereocenters. The first-order valence-electron chi connectivity index (χ1n) is 8.24. The summed E-state index contributed by atoms with van der Waals surface area (Å²) in [6.45, 7) is 4.64. The Bertz CT molecular complexity index is 637. The van der Waals surface area contributed by atoms with Gasteiger partial charge in [-0.2, -0.15) is 5.10 Å². The van der Waals surface area contributed by atoms with E-state index >= 15 is 0 Å². The zero-order chi connectivity index (χ0) is 16.4. The molecule has 2 aliphatic heterocycles. The van der Waals surface area contributed by atoms with Crippen LogP contribution in [0.25, 0.3) is 0 Å². The van der Waals surface area contributed by atoms with Gasteiger partial charge in [0.1, 0.15) is 0 Å². The monoisotopic (exact) mass is 320 g/mol. The maximum atomic E-state index is 12.3. The normalized spacial score (nSPS) is 22.6. The van der Waals surface area contributed by atoms with Gasteiger partial charge in [0.2, 0.25) is 5.91 Å². The highest BCUT2D eigenvalue weighted by atomic mass is 16.5. The highest BCUT2D eigenvalue weighted by Crippen LogP contribution is 2.17. The van der Waals surface area contributed by atoms with Gasteiger partial charge in [-0.05, 0) is 25.3 Å². The third kappa shape index (κ3) is 3.61. The summed E-state index contributed by atoms with van der Waals surface area (Å²) in [4.78, 5) is 26.2. The summed E-state index contributed by atoms with van der Waals surface area (Å²) in [6.07, 6.45) is 2.99. The molecule has 2 atom stereocenters. The van der Waals surface area contributed by atoms with Crippen molar-refractivity contribution in [1.82, 2.24) is 20.0 Å². The Labute approximate surface area is 135 Å². The first-order chi connectivity index (χ1) is 11.0. The van der Waals surface area contributed by atoms with Crippen molar-refractivity contribution < 1.29 is 9.53 Å². The van der Waals surface area contributed by atoms with E-state index in [1.807, 2.05) is 6.92 Å². The lowest BCUT2D eigenvalue weighted by Gasteiger charge is -2.32. The van der Waals surface area contributed by atoms with Crippen molar-refractivity contribution in [1.29, 1.82) is 0 Å². The molecule has 7 nitrogen and oxygen atoms in total. The molecule has 0 bridgehead atoms. The molecule has 0 saturated carbocycles. The summed E-state index contributed by atoms with van der Waals surface area (Å²) < 4.78 is 6.89. The number of aromatic nitrogens is 2. The van der Waals surface area contributed by atoms with Crippen LogP contribution in [-0.4, -0.2) is 52.4 Å². The fourth-order valence-corrected chi connectivity index (χ4v) is 3.18. The number of carbonyl (C=O) groups excluding carboxylic acids is 1. The van der Waals surface area contributed by atoms with Gasteiger partial charge in [-0.1, -0.05) is 0 Å². The Hall–Kier alpha value is -1.73. The van der Waals surface area contributed by atoms with Crippen molar-refractivity contribution in [2.75, 3.05) is 19.7 Å². The molecule has 1 N–H and O–H groups in total. The maximum Gasteiger partial charge on any atom is 0.266 e. The Morgan fingerprint density at radius 2 is 2.39 bits per heavy atom. The molecule has 3 heterocycles. The van der Waals surface area contributed by atoms with E-state index in [0.29, 0.717) is 13.1 Å². The lowest BCUT2D eigenvalue weighted by Crippen LogP contribution is -2.48. The Kier molecular flexibility index (Phi) is 4.77. The zero-order valence-electron chi connectivity index (χ0n) is 13.7. The first kappa shape index (κ1) is 16.1. The van der Waals surface area contributed by atoms with E-state index in [9.17, 15) is 9.59 Å². The molecular formula is C16H24N4O3. The summed E-state index contributed by atoms with van der Waals surface area (Å²) >= 11 is 0. The second kappa shape index (κ2) is 6.80. The van der Waals surface area contributed by atoms with Crippen LogP contribution in [-0.2, 0) is 29.5 Å². The van der Waals surface area contributed by atoms with Gasteiger partial charge < -0.3 is 10.1 Å². The van der Waals surface area contributed by atoms with Gasteiger partial charge in [-0.15, -0.1) is 0 Å². The molecule has 3 rings (SSSR count). The quantitative estimate of drug-likeness (QED) is 0.833. The third-order valence-corrected chi connectivity index (χ3v) is 4.72. The summed E-state index contributed by atoms with van der Waals surface area (Å²) in [6, 6.07) is 1.40. The molecule has 0 aromatic carbocycles. The van der Waals surface area contributed by atoms with Crippen LogP contribution in [0.5, 0.6) is 0 Å². The van der Waals surface area contributed by atoms with E-state index in [2.05, 4.69) is 15.3 Å². The molecular weight excluding hydrogens is 296 g/mol. The number of aryl methyl sites for hydroxylation is 1. The van der Waals surface area contributed by atoms with Crippen molar-refractivity contribution in [3.63, 3.8) is 0 Å². The molecule has 2 aliphatic rings. The molecule has 7 heteroatoms. The predicted octanol–water partition coefficient (Wildman–Crippen LogP) is -0.178. The van der Waals surface area contributed by atoms with Crippen molar-refractivity contribution in [3.8, 4) is 0 Å². The minimum absolute atomic E-state index is 0.0146. The van der Waals surface area contributed by atoms with Crippen LogP contribution in [0.3, 0.4) is 0 Å². The molecule has 0 radical (unpaired) electrons. The van der Waals surface area contributed by atoms with Crippen LogP contribution in [0.2, 0.25) is 0 Å². The van der Waals surface area contributed by atoms with Crippen molar-refractivity contribution in [2.45, 2.75) is 44.9 Å². The highest BCUT2D eigenvalue weighted by Gasteiger charge is 2.27. The minimum Gasteiger partial charge on any atom is -0.376 e. The molecule has 1 aromatic rings. The first-order valence-corrected chi connectivity index (χ1v) is 8.24. The summed E-state index contributed by atoms with van der Waals surface area (Å²) in [7, 11) is 1.66. The van der Waals surface area contributed by atoms with Gasteiger partial charge in [0.15, 0.2) is 0 Å². The average Bonchev–Trinajstić information content (AvgIpc) is 3.06. The number of carbonyl (C=O) groups is 1. The number of rotatable bonds is 4. The molecule has 126 valence electrons. The molecule has 23 heavy (non-hydrogen) atoms. The van der Waals surface area contributed by atoms with E-state index in [1.165, 1.54) is 4.68 Å². The Morgan fingerprint density at radius 1 is 1.57 bits per heavy atom. The van der Waals surface area contributed by atoms with Crippen LogP contribution in [0, 0.1) is 0 Å². The molecule has 1 amide bonds. The van der Waals surface area contributed by atoms with Gasteiger partial charge in [-0.25, -0.2) is 4.68 Å². The molecule has 1 aromatic heterocycles. The summed E-state index contributed by atoms with van der Waals surface area (Å²) in [5.41, 5.74) is 1.77. The number of hydrogen-bond donors (Lipinski definition) is 1. The van der Waals surface area contributed by atoms with E-state index in [0.717, 1.165) is 43.7 Å². The van der Waals surface area contributed by atoms with E-state index in [-0.39, 0.29) is 23.6 Å². The second-order valence-electron chi connectivity index (χ2n) is 6.35. The number of hydrogen-bond acceptors (Lipinski definition) is 5. The number of nitrogens with zero attached hydrogens (tertiary/aromatic N) is 3. The molecule has 0 spiro atoms. The SMILES string of the molecule is C[C@H](C(=O)NC[C@H]1CCCO1)N1CCc2nn(C)c(=O)cc2C1. The van der Waals surface area contributed by atoms with Crippen LogP contribution >= 0.6 is 0 Å². The van der Waals surface area contributed by atoms with Gasteiger partial charge in [0.05, 0.1) is 17.8 Å². The number of amides is 1. The van der Waals surface area contributed by atoms with E-state index in [4.69, 9.17) is 4.74 Å². The lowest BCUT2D eigenvalue weighted by atomic mass is 10.0. The van der Waals surface area contributed by atoms with Crippen molar-refractivity contribution in [2.24, 2.45) is 7.05 Å². The van der Waals surface area contributed by atoms with E-state index in [1.54, 1.807) is 13.1 Å². The highest BCUT2D eigenvalue weighted by molar-refractivity contribution is 5.81. The molecule has 1 saturated heterocycles. The Morgan fingerprint density at radius 3 is 3.13 bits per heavy atom. The fourth-order valence-electron chi connectivity index (χ4n) is 3.18. The largest absolute Gasteiger partial charge is 0.376 e. The van der Waals surface area contributed by atoms with Crippen molar-refractivity contribution >= 4 is 5.91 Å². The lowest BCUT2D eigenvalue weighted by molar-refractivity contribution is -0.126. The van der Waals surface area contributed by atoms with Crippen LogP contribution in [0.1, 0.15) is 31.0 Å². The second-order valence-corrected chi connectivity index (χ2v) is 6.35. The number of nitrogens with one attached hydrogen (secondary N) is 1. The van der Waals surface area contributed by atoms with Gasteiger partial charge in [0.25, 0.3) is 5.56 Å². The number of fused-ring (bicyclic) bond motifs is 1. The van der Waals surface area contributed by atoms with Gasteiger partial charge in [-0.3, -0.25) is 14.5 Å². The smallest absolute Gasteiger partial charge is 0.266 e. The number of ether oxygens (including phenoxy) is 1. The standard InChI is InChI=1S/C16H24N4O3/c1-11(16(22)17-9-13-4-3-7-23-13)20-6-5-14-12(10-20)8-15(21)19(2)18-14/h8,11,13H,3-7,9-10H2,1-2H3,(H,17,22)/t11-,13-/m1/s1. The molecule has 1 fully saturated rings. The summed E-state index contributed by atoms with van der Waals surface area (Å²) in [5, 5.41) is 7.28. The van der Waals surface area contributed by atoms with Crippen LogP contribution in [0.4, 0.5) is 0 Å². The fraction of sp³-hybridized carbons (Fsp3) is 0.688. The Balaban J connectivity index is 1.59. The van der Waals surface area contributed by atoms with E-state index < -0.39 is 0 Å². The van der Waals surface area contributed by atoms with Gasteiger partial charge in [0, 0.05) is 45.8 Å². The van der Waals surface area contributed by atoms with Gasteiger partial charge >= 0.3 is 0 Å². The summed E-state index contributed by atoms with van der Waals surface area (Å²) in [5.74, 6) is 0.0146. The van der Waals surface area contributed by atoms with Crippen LogP contribution < -0.4 is 10.9 Å². The molecule has 0 aliphatic carbocycles. The zero-order valence-corrected chi connectivity index (χ0v) is 13.7. The van der Waals surface area contributed by atoms with Crippen molar-refractivity contribution in [3.05, 3.63) is 27.7 Å². The minimum atomic E-state index is -0.228. The maximum absolute atomic E-state index is 12.3. The van der Waals surface area contributed by atoms with Crippen LogP contribution in [0.15, 0.2) is 10.9 Å². The average molecular weight is 320 g/mol.